The fourth-order valence-electron chi connectivity index (χ4n) is 5.63. The molecular weight excluding hydrogens is 504 g/mol. The van der Waals surface area contributed by atoms with Crippen LogP contribution in [0, 0.1) is 5.92 Å². The smallest absolute Gasteiger partial charge is 0.326 e. The number of hydrogen-bond donors (Lipinski definition) is 3. The van der Waals surface area contributed by atoms with Gasteiger partial charge in [0.1, 0.15) is 11.9 Å². The molecule has 1 unspecified atom stereocenters. The third-order valence-electron chi connectivity index (χ3n) is 7.92. The zero-order valence-corrected chi connectivity index (χ0v) is 23.7. The number of unbranched alkanes of at least 4 members (excludes halogenated alkanes) is 1. The highest BCUT2D eigenvalue weighted by Crippen LogP contribution is 2.28. The predicted octanol–water partition coefficient (Wildman–Crippen LogP) is 4.51. The highest BCUT2D eigenvalue weighted by Gasteiger charge is 2.30. The molecule has 9 nitrogen and oxygen atoms in total. The van der Waals surface area contributed by atoms with E-state index in [1.165, 1.54) is 5.56 Å². The predicted molar refractivity (Wildman–Crippen MR) is 157 cm³/mol. The molecule has 0 saturated heterocycles. The molecule has 3 heterocycles. The van der Waals surface area contributed by atoms with Crippen LogP contribution in [0.4, 0.5) is 5.82 Å². The average molecular weight is 547 g/mol. The van der Waals surface area contributed by atoms with Gasteiger partial charge >= 0.3 is 5.97 Å². The Balaban J connectivity index is 1.14. The van der Waals surface area contributed by atoms with Gasteiger partial charge in [0.2, 0.25) is 0 Å². The average Bonchev–Trinajstić information content (AvgIpc) is 3.71. The first kappa shape index (κ1) is 28.1. The number of carbonyl (C=O) groups is 2. The van der Waals surface area contributed by atoms with Crippen molar-refractivity contribution in [3.8, 4) is 0 Å². The second kappa shape index (κ2) is 12.8. The highest BCUT2D eigenvalue weighted by molar-refractivity contribution is 6.07. The van der Waals surface area contributed by atoms with Crippen LogP contribution in [0.3, 0.4) is 0 Å². The van der Waals surface area contributed by atoms with Gasteiger partial charge in [-0.3, -0.25) is 9.48 Å². The van der Waals surface area contributed by atoms with Crippen molar-refractivity contribution >= 4 is 28.6 Å². The van der Waals surface area contributed by atoms with Gasteiger partial charge in [-0.2, -0.15) is 5.10 Å². The minimum absolute atomic E-state index is 0.368. The normalized spacial score (nSPS) is 15.7. The number of fused-ring (bicyclic) bond motifs is 2. The van der Waals surface area contributed by atoms with Crippen LogP contribution in [0.1, 0.15) is 74.0 Å². The fraction of sp³-hybridized carbons (Fsp3) is 0.548. The number of carbonyl (C=O) groups excluding carboxylic acids is 1. The van der Waals surface area contributed by atoms with Crippen molar-refractivity contribution in [2.75, 3.05) is 25.0 Å². The Morgan fingerprint density at radius 1 is 1.18 bits per heavy atom. The first-order valence-electron chi connectivity index (χ1n) is 14.8. The number of rotatable bonds is 14. The number of benzene rings is 1. The van der Waals surface area contributed by atoms with E-state index in [4.69, 9.17) is 4.98 Å². The molecular formula is C31H42N6O3. The van der Waals surface area contributed by atoms with Crippen molar-refractivity contribution in [3.05, 3.63) is 53.3 Å². The molecule has 3 N–H and O–H groups in total. The lowest BCUT2D eigenvalue weighted by Crippen LogP contribution is -2.43. The van der Waals surface area contributed by atoms with E-state index in [0.29, 0.717) is 30.5 Å². The Morgan fingerprint density at radius 3 is 2.80 bits per heavy atom. The van der Waals surface area contributed by atoms with Gasteiger partial charge in [-0.15, -0.1) is 0 Å². The van der Waals surface area contributed by atoms with Crippen molar-refractivity contribution in [1.82, 2.24) is 25.0 Å². The van der Waals surface area contributed by atoms with Gasteiger partial charge in [-0.05, 0) is 87.6 Å². The number of carboxylic acids is 1. The molecule has 0 bridgehead atoms. The van der Waals surface area contributed by atoms with Crippen molar-refractivity contribution in [2.24, 2.45) is 5.92 Å². The molecule has 1 atom stereocenters. The maximum atomic E-state index is 13.2. The maximum absolute atomic E-state index is 13.2. The highest BCUT2D eigenvalue weighted by atomic mass is 16.4. The fourth-order valence-corrected chi connectivity index (χ4v) is 5.63. The number of carboxylic acid groups (broad SMARTS) is 1. The molecule has 1 aromatic carbocycles. The molecule has 0 radical (unpaired) electrons. The molecule has 40 heavy (non-hydrogen) atoms. The topological polar surface area (TPSA) is 112 Å². The van der Waals surface area contributed by atoms with Gasteiger partial charge in [0, 0.05) is 36.8 Å². The maximum Gasteiger partial charge on any atom is 0.326 e. The van der Waals surface area contributed by atoms with Crippen molar-refractivity contribution in [1.29, 1.82) is 0 Å². The first-order chi connectivity index (χ1) is 19.4. The van der Waals surface area contributed by atoms with Gasteiger partial charge in [-0.1, -0.05) is 26.0 Å². The van der Waals surface area contributed by atoms with E-state index < -0.39 is 12.0 Å². The summed E-state index contributed by atoms with van der Waals surface area (Å²) >= 11 is 0. The lowest BCUT2D eigenvalue weighted by molar-refractivity contribution is -0.139. The number of pyridine rings is 1. The van der Waals surface area contributed by atoms with Crippen LogP contribution in [0.2, 0.25) is 0 Å². The third-order valence-corrected chi connectivity index (χ3v) is 7.92. The van der Waals surface area contributed by atoms with Crippen LogP contribution in [0.15, 0.2) is 36.5 Å². The lowest BCUT2D eigenvalue weighted by Gasteiger charge is -2.24. The largest absolute Gasteiger partial charge is 0.480 e. The van der Waals surface area contributed by atoms with Crippen LogP contribution >= 0.6 is 0 Å². The standard InChI is InChI=1S/C31H42N6O3/c1-21(2)20-37-28-10-5-9-25(26(28)19-33-37)30(38)35-27(31(39)40)15-18-36(24-13-14-24)17-4-3-8-23-12-11-22-7-6-16-32-29(22)34-23/h5,9-12,19,21,24,27H,3-4,6-8,13-18,20H2,1-2H3,(H,32,34)(H,35,38)(H,39,40). The Hall–Kier alpha value is -3.46. The van der Waals surface area contributed by atoms with E-state index in [1.54, 1.807) is 12.3 Å². The molecule has 2 aromatic heterocycles. The number of nitrogens with one attached hydrogen (secondary N) is 2. The van der Waals surface area contributed by atoms with Crippen LogP contribution in [-0.4, -0.2) is 68.4 Å². The van der Waals surface area contributed by atoms with E-state index in [0.717, 1.165) is 87.0 Å². The Labute approximate surface area is 236 Å². The van der Waals surface area contributed by atoms with Gasteiger partial charge in [0.15, 0.2) is 0 Å². The summed E-state index contributed by atoms with van der Waals surface area (Å²) < 4.78 is 1.90. The number of anilines is 1. The van der Waals surface area contributed by atoms with E-state index in [2.05, 4.69) is 46.6 Å². The molecule has 0 spiro atoms. The summed E-state index contributed by atoms with van der Waals surface area (Å²) in [5.74, 6) is 0.0978. The molecule has 1 amide bonds. The lowest BCUT2D eigenvalue weighted by atomic mass is 10.1. The SMILES string of the molecule is CC(C)Cn1ncc2c(C(=O)NC(CCN(CCCCc3ccc4c(n3)NCCC4)C3CC3)C(=O)O)cccc21. The van der Waals surface area contributed by atoms with Crippen molar-refractivity contribution in [3.63, 3.8) is 0 Å². The molecule has 5 rings (SSSR count). The summed E-state index contributed by atoms with van der Waals surface area (Å²) in [6, 6.07) is 9.46. The molecule has 1 aliphatic carbocycles. The van der Waals surface area contributed by atoms with Crippen LogP contribution in [0.25, 0.3) is 10.9 Å². The van der Waals surface area contributed by atoms with Crippen LogP contribution < -0.4 is 10.6 Å². The van der Waals surface area contributed by atoms with E-state index in [-0.39, 0.29) is 5.91 Å². The molecule has 2 aliphatic rings. The second-order valence-electron chi connectivity index (χ2n) is 11.7. The van der Waals surface area contributed by atoms with E-state index in [9.17, 15) is 14.7 Å². The number of aromatic nitrogens is 3. The Morgan fingerprint density at radius 2 is 2.02 bits per heavy atom. The van der Waals surface area contributed by atoms with Gasteiger partial charge in [-0.25, -0.2) is 9.78 Å². The Kier molecular flexibility index (Phi) is 8.99. The zero-order valence-electron chi connectivity index (χ0n) is 23.7. The number of nitrogens with zero attached hydrogens (tertiary/aromatic N) is 4. The van der Waals surface area contributed by atoms with Gasteiger partial charge < -0.3 is 20.6 Å². The minimum Gasteiger partial charge on any atom is -0.480 e. The number of aliphatic carboxylic acids is 1. The summed E-state index contributed by atoms with van der Waals surface area (Å²) in [7, 11) is 0. The summed E-state index contributed by atoms with van der Waals surface area (Å²) in [4.78, 5) is 32.5. The monoisotopic (exact) mass is 546 g/mol. The van der Waals surface area contributed by atoms with Crippen molar-refractivity contribution < 1.29 is 14.7 Å². The zero-order chi connectivity index (χ0) is 28.1. The van der Waals surface area contributed by atoms with E-state index in [1.807, 2.05) is 16.8 Å². The molecule has 214 valence electrons. The summed E-state index contributed by atoms with van der Waals surface area (Å²) in [5.41, 5.74) is 3.79. The summed E-state index contributed by atoms with van der Waals surface area (Å²) in [6.07, 6.45) is 9.68. The minimum atomic E-state index is -1.00. The van der Waals surface area contributed by atoms with Crippen LogP contribution in [0.5, 0.6) is 0 Å². The molecule has 1 aliphatic heterocycles. The van der Waals surface area contributed by atoms with Crippen LogP contribution in [-0.2, 0) is 24.2 Å². The summed E-state index contributed by atoms with van der Waals surface area (Å²) in [5, 5.41) is 21.3. The van der Waals surface area contributed by atoms with Crippen molar-refractivity contribution in [2.45, 2.75) is 83.8 Å². The second-order valence-corrected chi connectivity index (χ2v) is 11.7. The first-order valence-corrected chi connectivity index (χ1v) is 14.8. The third kappa shape index (κ3) is 6.99. The Bertz CT molecular complexity index is 1330. The summed E-state index contributed by atoms with van der Waals surface area (Å²) in [6.45, 7) is 7.58. The molecule has 9 heteroatoms. The molecule has 1 fully saturated rings. The van der Waals surface area contributed by atoms with E-state index >= 15 is 0 Å². The quantitative estimate of drug-likeness (QED) is 0.255. The number of amides is 1. The number of aryl methyl sites for hydroxylation is 2. The van der Waals surface area contributed by atoms with Gasteiger partial charge in [0.05, 0.1) is 17.3 Å². The molecule has 1 saturated carbocycles. The number of hydrogen-bond acceptors (Lipinski definition) is 6. The molecule has 3 aromatic rings. The van der Waals surface area contributed by atoms with Gasteiger partial charge in [0.25, 0.3) is 5.91 Å².